The van der Waals surface area contributed by atoms with Gasteiger partial charge in [0.2, 0.25) is 0 Å². The minimum Gasteiger partial charge on any atom is -0.496 e. The van der Waals surface area contributed by atoms with Gasteiger partial charge in [0.05, 0.1) is 36.7 Å². The standard InChI is InChI=1S/C37H32I2N2O5S/c1-4-11-28-32(36(43)45-5-2)33(31-25-15-10-9-14-24(25)16-17-29(31)44-3)41-35(42)30(47-37(41)40-28)20-23-18-26(38)34(27(39)19-23)46-21-22-12-7-6-8-13-22/h6-10,12-20,33H,4-5,11,21H2,1-3H3/b30-20-. The van der Waals surface area contributed by atoms with Crippen LogP contribution in [0.3, 0.4) is 0 Å². The maximum atomic E-state index is 14.5. The van der Waals surface area contributed by atoms with Crippen molar-refractivity contribution in [2.45, 2.75) is 39.3 Å². The van der Waals surface area contributed by atoms with Gasteiger partial charge in [-0.05, 0) is 105 Å². The van der Waals surface area contributed by atoms with Gasteiger partial charge in [-0.2, -0.15) is 0 Å². The number of allylic oxidation sites excluding steroid dienone is 1. The number of hydrogen-bond acceptors (Lipinski definition) is 7. The van der Waals surface area contributed by atoms with Crippen LogP contribution in [0.1, 0.15) is 49.4 Å². The summed E-state index contributed by atoms with van der Waals surface area (Å²) in [5.41, 5.74) is 3.45. The van der Waals surface area contributed by atoms with Crippen LogP contribution in [0.5, 0.6) is 11.5 Å². The molecule has 0 spiro atoms. The Balaban J connectivity index is 1.53. The molecule has 47 heavy (non-hydrogen) atoms. The maximum Gasteiger partial charge on any atom is 0.338 e. The molecular formula is C37H32I2N2O5S. The van der Waals surface area contributed by atoms with E-state index in [9.17, 15) is 9.59 Å². The Kier molecular flexibility index (Phi) is 10.5. The number of hydrogen-bond donors (Lipinski definition) is 0. The van der Waals surface area contributed by atoms with Crippen molar-refractivity contribution in [3.05, 3.63) is 134 Å². The lowest BCUT2D eigenvalue weighted by molar-refractivity contribution is -0.139. The number of ether oxygens (including phenoxy) is 3. The first kappa shape index (κ1) is 33.4. The lowest BCUT2D eigenvalue weighted by atomic mass is 9.90. The van der Waals surface area contributed by atoms with Crippen LogP contribution in [0.25, 0.3) is 16.8 Å². The zero-order valence-corrected chi connectivity index (χ0v) is 31.2. The van der Waals surface area contributed by atoms with Gasteiger partial charge in [0.1, 0.15) is 24.1 Å². The number of thiazole rings is 1. The summed E-state index contributed by atoms with van der Waals surface area (Å²) in [6.45, 7) is 4.49. The van der Waals surface area contributed by atoms with Crippen LogP contribution < -0.4 is 24.4 Å². The highest BCUT2D eigenvalue weighted by Crippen LogP contribution is 2.41. The topological polar surface area (TPSA) is 79.1 Å². The molecule has 240 valence electrons. The largest absolute Gasteiger partial charge is 0.496 e. The molecule has 0 aliphatic carbocycles. The molecule has 1 aliphatic rings. The predicted molar refractivity (Wildman–Crippen MR) is 203 cm³/mol. The second-order valence-electron chi connectivity index (χ2n) is 10.9. The van der Waals surface area contributed by atoms with E-state index in [4.69, 9.17) is 19.2 Å². The summed E-state index contributed by atoms with van der Waals surface area (Å²) < 4.78 is 21.7. The van der Waals surface area contributed by atoms with E-state index in [0.29, 0.717) is 39.4 Å². The highest BCUT2D eigenvalue weighted by molar-refractivity contribution is 14.1. The van der Waals surface area contributed by atoms with E-state index in [1.807, 2.05) is 91.9 Å². The highest BCUT2D eigenvalue weighted by atomic mass is 127. The smallest absolute Gasteiger partial charge is 0.338 e. The fourth-order valence-corrected chi connectivity index (χ4v) is 8.96. The van der Waals surface area contributed by atoms with Crippen molar-refractivity contribution in [3.8, 4) is 11.5 Å². The second kappa shape index (κ2) is 14.7. The molecule has 1 aliphatic heterocycles. The van der Waals surface area contributed by atoms with Crippen molar-refractivity contribution in [2.75, 3.05) is 13.7 Å². The Labute approximate surface area is 303 Å². The normalized spacial score (nSPS) is 14.6. The van der Waals surface area contributed by atoms with Crippen LogP contribution in [0.4, 0.5) is 0 Å². The Morgan fingerprint density at radius 3 is 2.43 bits per heavy atom. The number of rotatable bonds is 10. The maximum absolute atomic E-state index is 14.5. The van der Waals surface area contributed by atoms with Gasteiger partial charge >= 0.3 is 5.97 Å². The van der Waals surface area contributed by atoms with Gasteiger partial charge in [-0.1, -0.05) is 85.3 Å². The molecule has 0 fully saturated rings. The van der Waals surface area contributed by atoms with Crippen molar-refractivity contribution in [1.82, 2.24) is 4.57 Å². The average molecular weight is 871 g/mol. The van der Waals surface area contributed by atoms with E-state index in [0.717, 1.165) is 46.8 Å². The molecule has 1 unspecified atom stereocenters. The number of fused-ring (bicyclic) bond motifs is 2. The fraction of sp³-hybridized carbons (Fsp3) is 0.216. The minimum atomic E-state index is -0.788. The van der Waals surface area contributed by atoms with E-state index >= 15 is 0 Å². The van der Waals surface area contributed by atoms with Gasteiger partial charge in [-0.3, -0.25) is 9.36 Å². The number of esters is 1. The monoisotopic (exact) mass is 870 g/mol. The van der Waals surface area contributed by atoms with Crippen molar-refractivity contribution < 1.29 is 19.0 Å². The number of benzene rings is 4. The summed E-state index contributed by atoms with van der Waals surface area (Å²) in [5, 5.41) is 1.86. The molecule has 4 aromatic carbocycles. The molecule has 6 rings (SSSR count). The number of carbonyl (C=O) groups excluding carboxylic acids is 1. The summed E-state index contributed by atoms with van der Waals surface area (Å²) in [6, 6.07) is 25.1. The first-order chi connectivity index (χ1) is 22.8. The van der Waals surface area contributed by atoms with Crippen LogP contribution >= 0.6 is 56.5 Å². The quantitative estimate of drug-likeness (QED) is 0.107. The van der Waals surface area contributed by atoms with Gasteiger partial charge in [0.15, 0.2) is 4.80 Å². The number of carbonyl (C=O) groups is 1. The molecule has 0 saturated heterocycles. The summed E-state index contributed by atoms with van der Waals surface area (Å²) in [7, 11) is 1.61. The lowest BCUT2D eigenvalue weighted by Gasteiger charge is -2.28. The van der Waals surface area contributed by atoms with Gasteiger partial charge < -0.3 is 14.2 Å². The molecule has 5 aromatic rings. The van der Waals surface area contributed by atoms with Crippen LogP contribution in [-0.4, -0.2) is 24.3 Å². The Morgan fingerprint density at radius 1 is 1.00 bits per heavy atom. The lowest BCUT2D eigenvalue weighted by Crippen LogP contribution is -2.40. The van der Waals surface area contributed by atoms with E-state index in [1.54, 1.807) is 18.6 Å². The van der Waals surface area contributed by atoms with Gasteiger partial charge in [-0.15, -0.1) is 0 Å². The van der Waals surface area contributed by atoms with Crippen LogP contribution in [0, 0.1) is 7.14 Å². The Bertz CT molecular complexity index is 2170. The summed E-state index contributed by atoms with van der Waals surface area (Å²) in [4.78, 5) is 33.7. The first-order valence-electron chi connectivity index (χ1n) is 15.3. The van der Waals surface area contributed by atoms with Crippen LogP contribution in [-0.2, 0) is 16.1 Å². The number of methoxy groups -OCH3 is 1. The second-order valence-corrected chi connectivity index (χ2v) is 14.2. The molecule has 0 bridgehead atoms. The third-order valence-electron chi connectivity index (χ3n) is 7.86. The van der Waals surface area contributed by atoms with Crippen molar-refractivity contribution in [3.63, 3.8) is 0 Å². The molecule has 0 saturated carbocycles. The molecular weight excluding hydrogens is 838 g/mol. The fourth-order valence-electron chi connectivity index (χ4n) is 5.81. The summed E-state index contributed by atoms with van der Waals surface area (Å²) in [6.07, 6.45) is 3.22. The first-order valence-corrected chi connectivity index (χ1v) is 18.2. The SMILES string of the molecule is CCCC1=C(C(=O)OCC)C(c2c(OC)ccc3ccccc23)n2c(s/c(=C\c3cc(I)c(OCc4ccccc4)c(I)c3)c2=O)=N1. The molecule has 0 amide bonds. The van der Waals surface area contributed by atoms with E-state index in [-0.39, 0.29) is 12.2 Å². The van der Waals surface area contributed by atoms with Crippen molar-refractivity contribution >= 4 is 79.3 Å². The van der Waals surface area contributed by atoms with E-state index in [1.165, 1.54) is 11.3 Å². The molecule has 2 heterocycles. The van der Waals surface area contributed by atoms with Gasteiger partial charge in [0, 0.05) is 5.56 Å². The third-order valence-corrected chi connectivity index (χ3v) is 10.4. The molecule has 0 N–H and O–H groups in total. The molecule has 0 radical (unpaired) electrons. The Hall–Kier alpha value is -3.49. The summed E-state index contributed by atoms with van der Waals surface area (Å²) in [5.74, 6) is 0.905. The molecule has 1 atom stereocenters. The Morgan fingerprint density at radius 2 is 1.72 bits per heavy atom. The van der Waals surface area contributed by atoms with Crippen molar-refractivity contribution in [2.24, 2.45) is 4.99 Å². The van der Waals surface area contributed by atoms with E-state index in [2.05, 4.69) is 45.2 Å². The van der Waals surface area contributed by atoms with Gasteiger partial charge in [-0.25, -0.2) is 9.79 Å². The summed E-state index contributed by atoms with van der Waals surface area (Å²) >= 11 is 5.88. The van der Waals surface area contributed by atoms with Crippen LogP contribution in [0.2, 0.25) is 0 Å². The third kappa shape index (κ3) is 6.77. The van der Waals surface area contributed by atoms with E-state index < -0.39 is 12.0 Å². The average Bonchev–Trinajstić information content (AvgIpc) is 3.37. The van der Waals surface area contributed by atoms with Crippen molar-refractivity contribution in [1.29, 1.82) is 0 Å². The van der Waals surface area contributed by atoms with Gasteiger partial charge in [0.25, 0.3) is 5.56 Å². The number of nitrogens with zero attached hydrogens (tertiary/aromatic N) is 2. The zero-order valence-electron chi connectivity index (χ0n) is 26.1. The predicted octanol–water partition coefficient (Wildman–Crippen LogP) is 7.53. The zero-order chi connectivity index (χ0) is 33.1. The minimum absolute atomic E-state index is 0.202. The van der Waals surface area contributed by atoms with Crippen LogP contribution in [0.15, 0.2) is 99.9 Å². The number of halogens is 2. The molecule has 10 heteroatoms. The number of aromatic nitrogens is 1. The highest BCUT2D eigenvalue weighted by Gasteiger charge is 2.37. The molecule has 1 aromatic heterocycles. The molecule has 7 nitrogen and oxygen atoms in total.